The molecule has 1 N–H and O–H groups in total. The van der Waals surface area contributed by atoms with Gasteiger partial charge in [0, 0.05) is 6.04 Å². The van der Waals surface area contributed by atoms with Crippen molar-refractivity contribution in [1.29, 1.82) is 5.26 Å². The summed E-state index contributed by atoms with van der Waals surface area (Å²) in [4.78, 5) is 12.3. The van der Waals surface area contributed by atoms with Gasteiger partial charge in [0.2, 0.25) is 5.91 Å². The molecule has 1 aliphatic rings. The molecule has 0 aromatic rings. The summed E-state index contributed by atoms with van der Waals surface area (Å²) in [6.45, 7) is 6.24. The highest BCUT2D eigenvalue weighted by molar-refractivity contribution is 5.85. The summed E-state index contributed by atoms with van der Waals surface area (Å²) >= 11 is 0. The molecule has 0 aromatic heterocycles. The van der Waals surface area contributed by atoms with Gasteiger partial charge in [-0.05, 0) is 31.6 Å². The van der Waals surface area contributed by atoms with Crippen molar-refractivity contribution >= 4 is 5.91 Å². The lowest BCUT2D eigenvalue weighted by molar-refractivity contribution is -0.129. The van der Waals surface area contributed by atoms with Gasteiger partial charge in [-0.1, -0.05) is 40.0 Å². The van der Waals surface area contributed by atoms with Crippen LogP contribution in [0.15, 0.2) is 0 Å². The van der Waals surface area contributed by atoms with Gasteiger partial charge in [-0.15, -0.1) is 0 Å². The third kappa shape index (κ3) is 3.48. The Morgan fingerprint density at radius 1 is 1.28 bits per heavy atom. The fourth-order valence-corrected chi connectivity index (χ4v) is 2.79. The van der Waals surface area contributed by atoms with Gasteiger partial charge in [-0.2, -0.15) is 5.26 Å². The maximum atomic E-state index is 12.3. The molecule has 3 heteroatoms. The smallest absolute Gasteiger partial charge is 0.240 e. The highest BCUT2D eigenvalue weighted by Gasteiger charge is 2.43. The molecule has 0 heterocycles. The number of carbonyl (C=O) groups is 1. The maximum Gasteiger partial charge on any atom is 0.240 e. The second-order valence-electron chi connectivity index (χ2n) is 5.56. The first kappa shape index (κ1) is 15.0. The lowest BCUT2D eigenvalue weighted by Gasteiger charge is -2.24. The van der Waals surface area contributed by atoms with E-state index in [0.717, 1.165) is 19.3 Å². The van der Waals surface area contributed by atoms with E-state index in [0.29, 0.717) is 24.8 Å². The summed E-state index contributed by atoms with van der Waals surface area (Å²) in [5.74, 6) is 0.621. The van der Waals surface area contributed by atoms with E-state index in [-0.39, 0.29) is 5.91 Å². The summed E-state index contributed by atoms with van der Waals surface area (Å²) < 4.78 is 0. The van der Waals surface area contributed by atoms with Gasteiger partial charge in [0.1, 0.15) is 5.41 Å². The predicted molar refractivity (Wildman–Crippen MR) is 72.8 cm³/mol. The molecule has 0 aliphatic heterocycles. The molecule has 18 heavy (non-hydrogen) atoms. The van der Waals surface area contributed by atoms with E-state index in [2.05, 4.69) is 18.3 Å². The van der Waals surface area contributed by atoms with Crippen LogP contribution in [-0.4, -0.2) is 11.9 Å². The minimum Gasteiger partial charge on any atom is -0.352 e. The number of hydrogen-bond donors (Lipinski definition) is 1. The average Bonchev–Trinajstić information content (AvgIpc) is 3.07. The van der Waals surface area contributed by atoms with Crippen LogP contribution in [0.4, 0.5) is 0 Å². The molecule has 0 aromatic carbocycles. The van der Waals surface area contributed by atoms with E-state index in [1.807, 2.05) is 13.8 Å². The molecule has 102 valence electrons. The van der Waals surface area contributed by atoms with E-state index in [9.17, 15) is 10.1 Å². The van der Waals surface area contributed by atoms with Crippen molar-refractivity contribution in [2.45, 2.75) is 71.8 Å². The lowest BCUT2D eigenvalue weighted by atomic mass is 9.79. The molecule has 0 bridgehead atoms. The van der Waals surface area contributed by atoms with Crippen LogP contribution in [-0.2, 0) is 4.79 Å². The Bertz CT molecular complexity index is 313. The Balaban J connectivity index is 2.58. The standard InChI is InChI=1S/C15H26N2O/c1-4-7-12-10-13(12)17-14(18)15(11-16,8-5-2)9-6-3/h12-13H,4-10H2,1-3H3,(H,17,18). The zero-order valence-corrected chi connectivity index (χ0v) is 12.0. The third-order valence-electron chi connectivity index (χ3n) is 3.90. The molecule has 2 unspecified atom stereocenters. The number of amides is 1. The predicted octanol–water partition coefficient (Wildman–Crippen LogP) is 3.40. The van der Waals surface area contributed by atoms with Crippen LogP contribution in [0, 0.1) is 22.7 Å². The van der Waals surface area contributed by atoms with Crippen LogP contribution < -0.4 is 5.32 Å². The summed E-state index contributed by atoms with van der Waals surface area (Å²) in [7, 11) is 0. The molecule has 1 aliphatic carbocycles. The molecule has 1 rings (SSSR count). The molecular formula is C15H26N2O. The highest BCUT2D eigenvalue weighted by Crippen LogP contribution is 2.37. The van der Waals surface area contributed by atoms with Crippen LogP contribution in [0.1, 0.15) is 65.7 Å². The van der Waals surface area contributed by atoms with Gasteiger partial charge in [-0.25, -0.2) is 0 Å². The Kier molecular flexibility index (Phi) is 5.65. The molecule has 0 saturated heterocycles. The van der Waals surface area contributed by atoms with E-state index in [1.165, 1.54) is 12.8 Å². The summed E-state index contributed by atoms with van der Waals surface area (Å²) in [6, 6.07) is 2.62. The fraction of sp³-hybridized carbons (Fsp3) is 0.867. The van der Waals surface area contributed by atoms with Crippen molar-refractivity contribution < 1.29 is 4.79 Å². The molecule has 3 nitrogen and oxygen atoms in total. The van der Waals surface area contributed by atoms with E-state index < -0.39 is 5.41 Å². The topological polar surface area (TPSA) is 52.9 Å². The zero-order chi connectivity index (χ0) is 13.6. The SMILES string of the molecule is CCCC1CC1NC(=O)C(C#N)(CCC)CCC. The largest absolute Gasteiger partial charge is 0.352 e. The molecular weight excluding hydrogens is 224 g/mol. The van der Waals surface area contributed by atoms with Gasteiger partial charge in [-0.3, -0.25) is 4.79 Å². The molecule has 0 radical (unpaired) electrons. The van der Waals surface area contributed by atoms with Crippen molar-refractivity contribution in [3.05, 3.63) is 0 Å². The second-order valence-corrected chi connectivity index (χ2v) is 5.56. The molecule has 1 saturated carbocycles. The first-order chi connectivity index (χ1) is 8.63. The normalized spacial score (nSPS) is 22.3. The first-order valence-corrected chi connectivity index (χ1v) is 7.35. The summed E-state index contributed by atoms with van der Waals surface area (Å²) in [5.41, 5.74) is -0.789. The van der Waals surface area contributed by atoms with Crippen molar-refractivity contribution in [2.75, 3.05) is 0 Å². The minimum atomic E-state index is -0.789. The molecule has 2 atom stereocenters. The van der Waals surface area contributed by atoms with Crippen molar-refractivity contribution in [1.82, 2.24) is 5.32 Å². The monoisotopic (exact) mass is 250 g/mol. The average molecular weight is 250 g/mol. The van der Waals surface area contributed by atoms with E-state index in [1.54, 1.807) is 0 Å². The number of nitriles is 1. The third-order valence-corrected chi connectivity index (χ3v) is 3.90. The van der Waals surface area contributed by atoms with Crippen LogP contribution in [0.3, 0.4) is 0 Å². The Labute approximate surface area is 111 Å². The zero-order valence-electron chi connectivity index (χ0n) is 12.0. The Morgan fingerprint density at radius 3 is 2.33 bits per heavy atom. The highest BCUT2D eigenvalue weighted by atomic mass is 16.2. The number of nitrogens with one attached hydrogen (secondary N) is 1. The van der Waals surface area contributed by atoms with Crippen molar-refractivity contribution in [2.24, 2.45) is 11.3 Å². The molecule has 1 fully saturated rings. The van der Waals surface area contributed by atoms with Crippen molar-refractivity contribution in [3.8, 4) is 6.07 Å². The second kappa shape index (κ2) is 6.78. The van der Waals surface area contributed by atoms with Gasteiger partial charge >= 0.3 is 0 Å². The molecule has 1 amide bonds. The maximum absolute atomic E-state index is 12.3. The van der Waals surface area contributed by atoms with Crippen LogP contribution in [0.2, 0.25) is 0 Å². The first-order valence-electron chi connectivity index (χ1n) is 7.35. The van der Waals surface area contributed by atoms with Gasteiger partial charge < -0.3 is 5.32 Å². The lowest BCUT2D eigenvalue weighted by Crippen LogP contribution is -2.41. The number of carbonyl (C=O) groups excluding carboxylic acids is 1. The fourth-order valence-electron chi connectivity index (χ4n) is 2.79. The summed E-state index contributed by atoms with van der Waals surface area (Å²) in [5, 5.41) is 12.5. The quantitative estimate of drug-likeness (QED) is 0.717. The number of nitrogens with zero attached hydrogens (tertiary/aromatic N) is 1. The van der Waals surface area contributed by atoms with E-state index in [4.69, 9.17) is 0 Å². The van der Waals surface area contributed by atoms with Crippen LogP contribution in [0.5, 0.6) is 0 Å². The van der Waals surface area contributed by atoms with Gasteiger partial charge in [0.15, 0.2) is 0 Å². The molecule has 0 spiro atoms. The number of hydrogen-bond acceptors (Lipinski definition) is 2. The van der Waals surface area contributed by atoms with Crippen LogP contribution in [0.25, 0.3) is 0 Å². The van der Waals surface area contributed by atoms with Gasteiger partial charge in [0.25, 0.3) is 0 Å². The Morgan fingerprint density at radius 2 is 1.89 bits per heavy atom. The Hall–Kier alpha value is -1.04. The van der Waals surface area contributed by atoms with Crippen LogP contribution >= 0.6 is 0 Å². The summed E-state index contributed by atoms with van der Waals surface area (Å²) in [6.07, 6.45) is 6.56. The van der Waals surface area contributed by atoms with E-state index >= 15 is 0 Å². The van der Waals surface area contributed by atoms with Gasteiger partial charge in [0.05, 0.1) is 6.07 Å². The van der Waals surface area contributed by atoms with Crippen molar-refractivity contribution in [3.63, 3.8) is 0 Å². The minimum absolute atomic E-state index is 0.0303. The number of rotatable bonds is 8.